The SMILES string of the molecule is CCOc1c(C(=O)OC(=O)C(F)(F)F)nc2c(c1C)CN(CC(=O)c1cc(C(C)(C)C)c(O)c(C(C)(C)C)c1)C2=N. The highest BCUT2D eigenvalue weighted by Crippen LogP contribution is 2.40. The molecule has 2 aromatic rings. The van der Waals surface area contributed by atoms with Crippen LogP contribution in [0.25, 0.3) is 0 Å². The molecule has 0 saturated heterocycles. The number of carbonyl (C=O) groups excluding carboxylic acids is 3. The van der Waals surface area contributed by atoms with Crippen LogP contribution in [0.4, 0.5) is 13.2 Å². The first-order chi connectivity index (χ1) is 18.7. The van der Waals surface area contributed by atoms with Crippen LogP contribution in [0, 0.1) is 12.3 Å². The van der Waals surface area contributed by atoms with Gasteiger partial charge in [-0.1, -0.05) is 41.5 Å². The molecule has 0 fully saturated rings. The molecule has 9 nitrogen and oxygen atoms in total. The summed E-state index contributed by atoms with van der Waals surface area (Å²) in [6.45, 7) is 14.5. The fraction of sp³-hybridized carbons (Fsp3) is 0.483. The lowest BCUT2D eigenvalue weighted by Gasteiger charge is -2.28. The number of halogens is 3. The van der Waals surface area contributed by atoms with Crippen LogP contribution >= 0.6 is 0 Å². The molecule has 41 heavy (non-hydrogen) atoms. The van der Waals surface area contributed by atoms with Crippen molar-refractivity contribution in [2.24, 2.45) is 0 Å². The molecule has 1 aromatic heterocycles. The number of pyridine rings is 1. The summed E-state index contributed by atoms with van der Waals surface area (Å²) < 4.78 is 47.5. The quantitative estimate of drug-likeness (QED) is 0.267. The number of phenolic OH excluding ortho intramolecular Hbond substituents is 1. The van der Waals surface area contributed by atoms with Crippen molar-refractivity contribution < 1.29 is 42.1 Å². The highest BCUT2D eigenvalue weighted by Gasteiger charge is 2.44. The first-order valence-electron chi connectivity index (χ1n) is 12.9. The molecular formula is C29H34F3N3O6. The molecule has 0 bridgehead atoms. The number of amidine groups is 1. The lowest BCUT2D eigenvalue weighted by atomic mass is 9.78. The number of alkyl halides is 3. The van der Waals surface area contributed by atoms with Crippen LogP contribution in [0.3, 0.4) is 0 Å². The lowest BCUT2D eigenvalue weighted by Crippen LogP contribution is -2.31. The minimum atomic E-state index is -5.40. The Balaban J connectivity index is 1.99. The maximum Gasteiger partial charge on any atom is 0.491 e. The van der Waals surface area contributed by atoms with Crippen LogP contribution in [0.15, 0.2) is 12.1 Å². The van der Waals surface area contributed by atoms with Crippen molar-refractivity contribution in [1.82, 2.24) is 9.88 Å². The summed E-state index contributed by atoms with van der Waals surface area (Å²) in [4.78, 5) is 42.8. The first-order valence-corrected chi connectivity index (χ1v) is 12.9. The maximum absolute atomic E-state index is 13.5. The van der Waals surface area contributed by atoms with Crippen molar-refractivity contribution >= 4 is 23.6 Å². The average molecular weight is 578 g/mol. The second kappa shape index (κ2) is 10.8. The van der Waals surface area contributed by atoms with Crippen LogP contribution < -0.4 is 4.74 Å². The van der Waals surface area contributed by atoms with E-state index in [2.05, 4.69) is 9.72 Å². The van der Waals surface area contributed by atoms with Gasteiger partial charge in [-0.25, -0.2) is 14.6 Å². The van der Waals surface area contributed by atoms with E-state index in [0.29, 0.717) is 27.8 Å². The zero-order chi connectivity index (χ0) is 31.2. The van der Waals surface area contributed by atoms with Crippen LogP contribution in [0.5, 0.6) is 11.5 Å². The molecule has 0 radical (unpaired) electrons. The summed E-state index contributed by atoms with van der Waals surface area (Å²) in [6, 6.07) is 3.28. The zero-order valence-electron chi connectivity index (χ0n) is 24.3. The molecule has 12 heteroatoms. The molecule has 0 amide bonds. The number of aromatic nitrogens is 1. The number of hydrogen-bond acceptors (Lipinski definition) is 8. The van der Waals surface area contributed by atoms with Gasteiger partial charge in [-0.05, 0) is 36.8 Å². The van der Waals surface area contributed by atoms with Crippen LogP contribution in [-0.4, -0.2) is 57.9 Å². The van der Waals surface area contributed by atoms with Gasteiger partial charge < -0.3 is 19.5 Å². The Morgan fingerprint density at radius 3 is 2.05 bits per heavy atom. The minimum absolute atomic E-state index is 0.0293. The summed E-state index contributed by atoms with van der Waals surface area (Å²) >= 11 is 0. The maximum atomic E-state index is 13.5. The van der Waals surface area contributed by atoms with Crippen molar-refractivity contribution in [1.29, 1.82) is 5.41 Å². The smallest absolute Gasteiger partial charge is 0.491 e. The van der Waals surface area contributed by atoms with E-state index in [-0.39, 0.29) is 48.5 Å². The Labute approximate surface area is 236 Å². The predicted molar refractivity (Wildman–Crippen MR) is 144 cm³/mol. The van der Waals surface area contributed by atoms with Crippen molar-refractivity contribution in [3.8, 4) is 11.5 Å². The van der Waals surface area contributed by atoms with Gasteiger partial charge in [0.05, 0.1) is 13.2 Å². The number of ketones is 1. The zero-order valence-corrected chi connectivity index (χ0v) is 24.3. The normalized spacial score (nSPS) is 13.7. The average Bonchev–Trinajstić information content (AvgIpc) is 3.14. The van der Waals surface area contributed by atoms with E-state index >= 15 is 0 Å². The fourth-order valence-corrected chi connectivity index (χ4v) is 4.52. The van der Waals surface area contributed by atoms with E-state index < -0.39 is 34.6 Å². The summed E-state index contributed by atoms with van der Waals surface area (Å²) in [5.41, 5.74) is 0.656. The van der Waals surface area contributed by atoms with Crippen molar-refractivity contribution in [2.75, 3.05) is 13.2 Å². The van der Waals surface area contributed by atoms with E-state index in [1.807, 2.05) is 41.5 Å². The van der Waals surface area contributed by atoms with Gasteiger partial charge in [0.15, 0.2) is 17.2 Å². The number of nitrogens with one attached hydrogen (secondary N) is 1. The highest BCUT2D eigenvalue weighted by atomic mass is 19.4. The first kappa shape index (κ1) is 31.6. The fourth-order valence-electron chi connectivity index (χ4n) is 4.52. The third-order valence-electron chi connectivity index (χ3n) is 6.69. The van der Waals surface area contributed by atoms with Gasteiger partial charge in [0.25, 0.3) is 0 Å². The van der Waals surface area contributed by atoms with E-state index in [1.165, 1.54) is 11.8 Å². The number of hydrogen-bond donors (Lipinski definition) is 2. The van der Waals surface area contributed by atoms with Gasteiger partial charge in [0.1, 0.15) is 17.3 Å². The van der Waals surface area contributed by atoms with E-state index in [9.17, 15) is 32.7 Å². The monoisotopic (exact) mass is 577 g/mol. The Morgan fingerprint density at radius 1 is 1.05 bits per heavy atom. The Kier molecular flexibility index (Phi) is 8.31. The summed E-state index contributed by atoms with van der Waals surface area (Å²) in [5, 5.41) is 19.6. The van der Waals surface area contributed by atoms with Crippen LogP contribution in [0.1, 0.15) is 97.3 Å². The van der Waals surface area contributed by atoms with Crippen LogP contribution in [0.2, 0.25) is 0 Å². The number of ether oxygens (including phenoxy) is 2. The molecule has 0 unspecified atom stereocenters. The van der Waals surface area contributed by atoms with E-state index in [0.717, 1.165) is 0 Å². The Morgan fingerprint density at radius 2 is 1.59 bits per heavy atom. The summed E-state index contributed by atoms with van der Waals surface area (Å²) in [5.74, 6) is -4.99. The summed E-state index contributed by atoms with van der Waals surface area (Å²) in [6.07, 6.45) is -5.40. The number of esters is 2. The molecule has 0 atom stereocenters. The largest absolute Gasteiger partial charge is 0.507 e. The third-order valence-corrected chi connectivity index (χ3v) is 6.69. The second-order valence-electron chi connectivity index (χ2n) is 11.9. The number of benzene rings is 1. The molecular weight excluding hydrogens is 543 g/mol. The number of rotatable bonds is 6. The number of aromatic hydroxyl groups is 1. The lowest BCUT2D eigenvalue weighted by molar-refractivity contribution is -0.193. The highest BCUT2D eigenvalue weighted by molar-refractivity contribution is 6.06. The van der Waals surface area contributed by atoms with Gasteiger partial charge in [0.2, 0.25) is 0 Å². The van der Waals surface area contributed by atoms with Crippen LogP contribution in [-0.2, 0) is 26.9 Å². The molecule has 2 heterocycles. The van der Waals surface area contributed by atoms with E-state index in [4.69, 9.17) is 10.1 Å². The number of phenols is 1. The summed E-state index contributed by atoms with van der Waals surface area (Å²) in [7, 11) is 0. The molecule has 222 valence electrons. The second-order valence-corrected chi connectivity index (χ2v) is 11.9. The van der Waals surface area contributed by atoms with Gasteiger partial charge in [-0.2, -0.15) is 13.2 Å². The van der Waals surface area contributed by atoms with Gasteiger partial charge in [0, 0.05) is 34.4 Å². The van der Waals surface area contributed by atoms with Crippen molar-refractivity contribution in [3.05, 3.63) is 51.3 Å². The predicted octanol–water partition coefficient (Wildman–Crippen LogP) is 5.36. The molecule has 0 spiro atoms. The number of carbonyl (C=O) groups is 3. The Hall–Kier alpha value is -3.96. The minimum Gasteiger partial charge on any atom is -0.507 e. The van der Waals surface area contributed by atoms with E-state index in [1.54, 1.807) is 19.1 Å². The molecule has 3 rings (SSSR count). The molecule has 1 aliphatic rings. The number of nitrogens with zero attached hydrogens (tertiary/aromatic N) is 2. The third kappa shape index (κ3) is 6.36. The number of fused-ring (bicyclic) bond motifs is 1. The van der Waals surface area contributed by atoms with Gasteiger partial charge in [-0.15, -0.1) is 0 Å². The number of Topliss-reactive ketones (excluding diaryl/α,β-unsaturated/α-hetero) is 1. The molecule has 2 N–H and O–H groups in total. The molecule has 1 aromatic carbocycles. The standard InChI is InChI=1S/C29H34F3N3O6/c1-9-40-23-14(2)16-12-35(24(33)20(16)34-21(23)25(38)41-26(39)29(30,31)32)13-19(36)15-10-17(27(3,4)5)22(37)18(11-15)28(6,7)8/h10-11,33,37H,9,12-13H2,1-8H3. The van der Waals surface area contributed by atoms with Gasteiger partial charge >= 0.3 is 18.1 Å². The Bertz CT molecular complexity index is 1400. The molecule has 0 aliphatic carbocycles. The topological polar surface area (TPSA) is 130 Å². The van der Waals surface area contributed by atoms with Crippen molar-refractivity contribution in [3.63, 3.8) is 0 Å². The van der Waals surface area contributed by atoms with Gasteiger partial charge in [-0.3, -0.25) is 10.2 Å². The van der Waals surface area contributed by atoms with Crippen molar-refractivity contribution in [2.45, 2.75) is 78.9 Å². The molecule has 1 aliphatic heterocycles. The molecule has 0 saturated carbocycles.